The Hall–Kier alpha value is -1.75. The Balaban J connectivity index is 1.94. The highest BCUT2D eigenvalue weighted by Gasteiger charge is 2.35. The summed E-state index contributed by atoms with van der Waals surface area (Å²) in [6, 6.07) is 3.32. The van der Waals surface area contributed by atoms with E-state index in [4.69, 9.17) is 10.2 Å². The first-order valence-electron chi connectivity index (χ1n) is 5.83. The van der Waals surface area contributed by atoms with Gasteiger partial charge in [-0.05, 0) is 18.6 Å². The van der Waals surface area contributed by atoms with Crippen molar-refractivity contribution >= 4 is 5.91 Å². The molecule has 1 unspecified atom stereocenters. The van der Waals surface area contributed by atoms with Crippen LogP contribution in [-0.4, -0.2) is 23.9 Å². The normalized spacial score (nSPS) is 21.5. The number of hydrogen-bond donors (Lipinski definition) is 2. The zero-order valence-corrected chi connectivity index (χ0v) is 9.48. The summed E-state index contributed by atoms with van der Waals surface area (Å²) in [5, 5.41) is 3.27. The molecule has 0 spiro atoms. The molecule has 1 aromatic heterocycles. The average molecular weight is 233 g/mol. The summed E-state index contributed by atoms with van der Waals surface area (Å²) < 4.78 is 5.31. The van der Waals surface area contributed by atoms with Crippen molar-refractivity contribution in [3.63, 3.8) is 0 Å². The molecule has 0 saturated carbocycles. The Morgan fingerprint density at radius 3 is 3.18 bits per heavy atom. The minimum atomic E-state index is -0.334. The maximum Gasteiger partial charge on any atom is 0.232 e. The van der Waals surface area contributed by atoms with Gasteiger partial charge >= 0.3 is 0 Å². The van der Waals surface area contributed by atoms with Crippen LogP contribution in [0.25, 0.3) is 0 Å². The first kappa shape index (κ1) is 10.4. The molecule has 90 valence electrons. The maximum atomic E-state index is 11.9. The maximum absolute atomic E-state index is 11.9. The topological polar surface area (TPSA) is 71.5 Å². The standard InChI is InChI=1S/C12H15N3O2/c13-11(9-3-1-6-17-9)8-7-10(16)15-5-2-4-14-12(8)15/h1,3,6,11,14H,2,4-5,7,13H2. The van der Waals surface area contributed by atoms with Gasteiger partial charge in [0.05, 0.1) is 18.7 Å². The van der Waals surface area contributed by atoms with E-state index in [1.165, 1.54) is 0 Å². The van der Waals surface area contributed by atoms with Crippen LogP contribution in [0.5, 0.6) is 0 Å². The number of nitrogens with two attached hydrogens (primary N) is 1. The summed E-state index contributed by atoms with van der Waals surface area (Å²) >= 11 is 0. The van der Waals surface area contributed by atoms with Crippen LogP contribution in [0.1, 0.15) is 24.6 Å². The van der Waals surface area contributed by atoms with Crippen molar-refractivity contribution in [2.45, 2.75) is 18.9 Å². The SMILES string of the molecule is NC(C1=C2NCCCN2C(=O)C1)c1ccco1. The van der Waals surface area contributed by atoms with E-state index in [9.17, 15) is 4.79 Å². The van der Waals surface area contributed by atoms with Crippen LogP contribution < -0.4 is 11.1 Å². The van der Waals surface area contributed by atoms with E-state index in [0.717, 1.165) is 30.9 Å². The van der Waals surface area contributed by atoms with Crippen molar-refractivity contribution < 1.29 is 9.21 Å². The minimum Gasteiger partial charge on any atom is -0.467 e. The molecule has 1 fully saturated rings. The lowest BCUT2D eigenvalue weighted by atomic mass is 10.0. The van der Waals surface area contributed by atoms with Crippen LogP contribution in [0.15, 0.2) is 34.2 Å². The molecule has 2 aliphatic rings. The molecule has 0 aromatic carbocycles. The van der Waals surface area contributed by atoms with Crippen LogP contribution in [0.3, 0.4) is 0 Å². The van der Waals surface area contributed by atoms with Crippen LogP contribution in [-0.2, 0) is 4.79 Å². The van der Waals surface area contributed by atoms with E-state index in [-0.39, 0.29) is 11.9 Å². The van der Waals surface area contributed by atoms with E-state index in [0.29, 0.717) is 12.2 Å². The predicted molar refractivity (Wildman–Crippen MR) is 61.6 cm³/mol. The van der Waals surface area contributed by atoms with Gasteiger partial charge in [-0.15, -0.1) is 0 Å². The Morgan fingerprint density at radius 1 is 1.53 bits per heavy atom. The van der Waals surface area contributed by atoms with Gasteiger partial charge in [0.2, 0.25) is 5.91 Å². The quantitative estimate of drug-likeness (QED) is 0.789. The zero-order chi connectivity index (χ0) is 11.8. The molecule has 0 radical (unpaired) electrons. The van der Waals surface area contributed by atoms with E-state index < -0.39 is 0 Å². The third-order valence-corrected chi connectivity index (χ3v) is 3.29. The summed E-state index contributed by atoms with van der Waals surface area (Å²) in [5.74, 6) is 1.73. The number of nitrogens with zero attached hydrogens (tertiary/aromatic N) is 1. The molecule has 0 aliphatic carbocycles. The van der Waals surface area contributed by atoms with Crippen molar-refractivity contribution in [1.29, 1.82) is 0 Å². The number of nitrogens with one attached hydrogen (secondary N) is 1. The van der Waals surface area contributed by atoms with Crippen LogP contribution >= 0.6 is 0 Å². The summed E-state index contributed by atoms with van der Waals surface area (Å²) in [5.41, 5.74) is 7.08. The number of rotatable bonds is 2. The van der Waals surface area contributed by atoms with Gasteiger partial charge in [0.1, 0.15) is 11.6 Å². The third-order valence-electron chi connectivity index (χ3n) is 3.29. The Labute approximate surface area is 99.3 Å². The van der Waals surface area contributed by atoms with Crippen LogP contribution in [0.4, 0.5) is 0 Å². The highest BCUT2D eigenvalue weighted by atomic mass is 16.3. The first-order valence-corrected chi connectivity index (χ1v) is 5.83. The van der Waals surface area contributed by atoms with E-state index >= 15 is 0 Å². The smallest absolute Gasteiger partial charge is 0.232 e. The monoisotopic (exact) mass is 233 g/mol. The Bertz CT molecular complexity index is 464. The lowest BCUT2D eigenvalue weighted by Crippen LogP contribution is -2.39. The molecule has 0 bridgehead atoms. The molecule has 1 saturated heterocycles. The molecule has 5 nitrogen and oxygen atoms in total. The molecular weight excluding hydrogens is 218 g/mol. The number of hydrogen-bond acceptors (Lipinski definition) is 4. The number of carbonyl (C=O) groups is 1. The molecule has 3 heterocycles. The average Bonchev–Trinajstić information content (AvgIpc) is 2.97. The van der Waals surface area contributed by atoms with Crippen molar-refractivity contribution in [2.24, 2.45) is 5.73 Å². The molecule has 1 amide bonds. The summed E-state index contributed by atoms with van der Waals surface area (Å²) in [6.07, 6.45) is 2.98. The van der Waals surface area contributed by atoms with Crippen LogP contribution in [0, 0.1) is 0 Å². The van der Waals surface area contributed by atoms with Gasteiger partial charge < -0.3 is 15.5 Å². The van der Waals surface area contributed by atoms with E-state index in [1.54, 1.807) is 11.2 Å². The zero-order valence-electron chi connectivity index (χ0n) is 9.48. The summed E-state index contributed by atoms with van der Waals surface area (Å²) in [6.45, 7) is 1.68. The fourth-order valence-electron chi connectivity index (χ4n) is 2.43. The van der Waals surface area contributed by atoms with Crippen molar-refractivity contribution in [1.82, 2.24) is 10.2 Å². The van der Waals surface area contributed by atoms with Crippen molar-refractivity contribution in [2.75, 3.05) is 13.1 Å². The van der Waals surface area contributed by atoms with Gasteiger partial charge in [-0.1, -0.05) is 0 Å². The number of carbonyl (C=O) groups excluding carboxylic acids is 1. The summed E-state index contributed by atoms with van der Waals surface area (Å²) in [4.78, 5) is 13.6. The van der Waals surface area contributed by atoms with Gasteiger partial charge in [-0.3, -0.25) is 9.69 Å². The van der Waals surface area contributed by atoms with Crippen molar-refractivity contribution in [3.05, 3.63) is 35.6 Å². The molecule has 3 N–H and O–H groups in total. The number of furan rings is 1. The second kappa shape index (κ2) is 3.92. The molecule has 5 heteroatoms. The van der Waals surface area contributed by atoms with Gasteiger partial charge in [0.15, 0.2) is 0 Å². The fourth-order valence-corrected chi connectivity index (χ4v) is 2.43. The summed E-state index contributed by atoms with van der Waals surface area (Å²) in [7, 11) is 0. The molecule has 3 rings (SSSR count). The minimum absolute atomic E-state index is 0.129. The van der Waals surface area contributed by atoms with E-state index in [1.807, 2.05) is 12.1 Å². The molecular formula is C12H15N3O2. The number of fused-ring (bicyclic) bond motifs is 1. The molecule has 17 heavy (non-hydrogen) atoms. The second-order valence-corrected chi connectivity index (χ2v) is 4.37. The van der Waals surface area contributed by atoms with E-state index in [2.05, 4.69) is 5.32 Å². The third kappa shape index (κ3) is 1.63. The first-order chi connectivity index (χ1) is 8.27. The second-order valence-electron chi connectivity index (χ2n) is 4.37. The Morgan fingerprint density at radius 2 is 2.41 bits per heavy atom. The number of amides is 1. The fraction of sp³-hybridized carbons (Fsp3) is 0.417. The van der Waals surface area contributed by atoms with Gasteiger partial charge in [0, 0.05) is 18.7 Å². The Kier molecular flexibility index (Phi) is 2.40. The van der Waals surface area contributed by atoms with Gasteiger partial charge in [-0.2, -0.15) is 0 Å². The molecule has 1 atom stereocenters. The van der Waals surface area contributed by atoms with Gasteiger partial charge in [-0.25, -0.2) is 0 Å². The molecule has 1 aromatic rings. The van der Waals surface area contributed by atoms with Gasteiger partial charge in [0.25, 0.3) is 0 Å². The largest absolute Gasteiger partial charge is 0.467 e. The molecule has 2 aliphatic heterocycles. The lowest BCUT2D eigenvalue weighted by Gasteiger charge is -2.27. The highest BCUT2D eigenvalue weighted by molar-refractivity contribution is 5.84. The predicted octanol–water partition coefficient (Wildman–Crippen LogP) is 0.717. The lowest BCUT2D eigenvalue weighted by molar-refractivity contribution is -0.127. The van der Waals surface area contributed by atoms with Crippen LogP contribution in [0.2, 0.25) is 0 Å². The van der Waals surface area contributed by atoms with Crippen molar-refractivity contribution in [3.8, 4) is 0 Å². The highest BCUT2D eigenvalue weighted by Crippen LogP contribution is 2.32.